The number of amidine groups is 1. The molecule has 0 radical (unpaired) electrons. The van der Waals surface area contributed by atoms with Gasteiger partial charge in [-0.1, -0.05) is 31.4 Å². The molecule has 0 aromatic heterocycles. The third-order valence-corrected chi connectivity index (χ3v) is 8.35. The van der Waals surface area contributed by atoms with Crippen LogP contribution in [-0.4, -0.2) is 55.6 Å². The van der Waals surface area contributed by atoms with Gasteiger partial charge in [0.25, 0.3) is 10.0 Å². The fourth-order valence-electron chi connectivity index (χ4n) is 5.58. The number of amides is 1. The second-order valence-corrected chi connectivity index (χ2v) is 10.2. The lowest BCUT2D eigenvalue weighted by molar-refractivity contribution is -0.138. The Balaban J connectivity index is 1.38. The molecule has 1 amide bonds. The Morgan fingerprint density at radius 1 is 0.964 bits per heavy atom. The van der Waals surface area contributed by atoms with Crippen molar-refractivity contribution in [3.8, 4) is 0 Å². The maximum absolute atomic E-state index is 13.4. The molecule has 5 rings (SSSR count). The van der Waals surface area contributed by atoms with Gasteiger partial charge in [-0.15, -0.1) is 4.40 Å². The molecule has 7 heteroatoms. The number of hydrogen-bond donors (Lipinski definition) is 0. The summed E-state index contributed by atoms with van der Waals surface area (Å²) in [5.74, 6) is 2.05. The second kappa shape index (κ2) is 6.87. The molecule has 0 N–H and O–H groups in total. The molecule has 6 nitrogen and oxygen atoms in total. The smallest absolute Gasteiger partial charge is 0.285 e. The van der Waals surface area contributed by atoms with Crippen LogP contribution in [0.2, 0.25) is 0 Å². The highest BCUT2D eigenvalue weighted by Gasteiger charge is 2.42. The number of sulfonamides is 1. The van der Waals surface area contributed by atoms with Crippen molar-refractivity contribution in [1.82, 2.24) is 9.80 Å². The molecule has 3 atom stereocenters. The van der Waals surface area contributed by atoms with E-state index in [1.165, 1.54) is 25.7 Å². The van der Waals surface area contributed by atoms with Gasteiger partial charge in [-0.3, -0.25) is 4.79 Å². The number of carbonyl (C=O) groups is 1. The van der Waals surface area contributed by atoms with Crippen LogP contribution in [0.15, 0.2) is 33.6 Å². The molecule has 0 unspecified atom stereocenters. The van der Waals surface area contributed by atoms with Crippen LogP contribution in [0, 0.1) is 11.8 Å². The van der Waals surface area contributed by atoms with Crippen LogP contribution >= 0.6 is 0 Å². The highest BCUT2D eigenvalue weighted by atomic mass is 32.2. The van der Waals surface area contributed by atoms with Crippen molar-refractivity contribution in [2.75, 3.05) is 19.6 Å². The lowest BCUT2D eigenvalue weighted by atomic mass is 9.75. The molecular weight excluding hydrogens is 374 g/mol. The Morgan fingerprint density at radius 2 is 1.75 bits per heavy atom. The fourth-order valence-corrected chi connectivity index (χ4v) is 6.80. The lowest BCUT2D eigenvalue weighted by Crippen LogP contribution is -2.52. The van der Waals surface area contributed by atoms with Crippen LogP contribution in [0.25, 0.3) is 0 Å². The van der Waals surface area contributed by atoms with Crippen LogP contribution in [-0.2, 0) is 14.8 Å². The maximum Gasteiger partial charge on any atom is 0.285 e. The van der Waals surface area contributed by atoms with E-state index in [0.717, 1.165) is 38.3 Å². The number of piperidine rings is 1. The molecule has 3 aliphatic heterocycles. The van der Waals surface area contributed by atoms with E-state index in [1.54, 1.807) is 18.2 Å². The number of carbonyl (C=O) groups excluding carboxylic acids is 1. The number of nitrogens with zero attached hydrogens (tertiary/aromatic N) is 3. The van der Waals surface area contributed by atoms with E-state index in [2.05, 4.69) is 4.40 Å². The highest BCUT2D eigenvalue weighted by molar-refractivity contribution is 7.90. The van der Waals surface area contributed by atoms with E-state index in [-0.39, 0.29) is 16.8 Å². The zero-order chi connectivity index (χ0) is 19.3. The van der Waals surface area contributed by atoms with Crippen molar-refractivity contribution < 1.29 is 13.2 Å². The summed E-state index contributed by atoms with van der Waals surface area (Å²) in [7, 11) is -3.66. The van der Waals surface area contributed by atoms with Crippen molar-refractivity contribution in [3.05, 3.63) is 29.8 Å². The molecule has 0 bridgehead atoms. The largest absolute Gasteiger partial charge is 0.343 e. The molecular formula is C21H27N3O3S. The zero-order valence-corrected chi connectivity index (χ0v) is 16.9. The monoisotopic (exact) mass is 401 g/mol. The minimum atomic E-state index is -3.66. The summed E-state index contributed by atoms with van der Waals surface area (Å²) < 4.78 is 29.0. The first-order chi connectivity index (χ1) is 13.5. The molecule has 3 fully saturated rings. The topological polar surface area (TPSA) is 70.0 Å². The number of rotatable bonds is 1. The second-order valence-electron chi connectivity index (χ2n) is 8.62. The van der Waals surface area contributed by atoms with Crippen LogP contribution in [0.1, 0.15) is 50.5 Å². The fraction of sp³-hybridized carbons (Fsp3) is 0.619. The number of fused-ring (bicyclic) bond motifs is 2. The quantitative estimate of drug-likeness (QED) is 0.725. The molecule has 150 valence electrons. The Labute approximate surface area is 166 Å². The molecule has 28 heavy (non-hydrogen) atoms. The standard InChI is InChI=1S/C21H27N3O3S/c25-21(23-13-11-15-6-1-2-7-16(15)14-23)18-9-5-12-24(18)20-17-8-3-4-10-19(17)28(26,27)22-20/h3-4,8,10,15-16,18H,1-2,5-7,9,11-14H2/t15-,16-,18-/m1/s1. The number of hydrogen-bond acceptors (Lipinski definition) is 4. The van der Waals surface area contributed by atoms with Crippen molar-refractivity contribution >= 4 is 21.8 Å². The predicted molar refractivity (Wildman–Crippen MR) is 107 cm³/mol. The Kier molecular flexibility index (Phi) is 4.45. The molecule has 3 heterocycles. The van der Waals surface area contributed by atoms with Crippen molar-refractivity contribution in [3.63, 3.8) is 0 Å². The summed E-state index contributed by atoms with van der Waals surface area (Å²) in [5.41, 5.74) is 0.633. The van der Waals surface area contributed by atoms with Gasteiger partial charge in [0.05, 0.1) is 0 Å². The Morgan fingerprint density at radius 3 is 2.61 bits per heavy atom. The van der Waals surface area contributed by atoms with Gasteiger partial charge in [0, 0.05) is 25.2 Å². The van der Waals surface area contributed by atoms with Gasteiger partial charge >= 0.3 is 0 Å². The van der Waals surface area contributed by atoms with E-state index in [1.807, 2.05) is 15.9 Å². The summed E-state index contributed by atoms with van der Waals surface area (Å²) in [5, 5.41) is 0. The van der Waals surface area contributed by atoms with Crippen molar-refractivity contribution in [2.24, 2.45) is 16.2 Å². The van der Waals surface area contributed by atoms with Gasteiger partial charge in [0.15, 0.2) is 5.84 Å². The first kappa shape index (κ1) is 18.2. The van der Waals surface area contributed by atoms with Gasteiger partial charge in [-0.25, -0.2) is 0 Å². The molecule has 1 aromatic rings. The van der Waals surface area contributed by atoms with Gasteiger partial charge in [0.1, 0.15) is 10.9 Å². The minimum absolute atomic E-state index is 0.158. The van der Waals surface area contributed by atoms with Gasteiger partial charge in [-0.05, 0) is 49.7 Å². The minimum Gasteiger partial charge on any atom is -0.343 e. The van der Waals surface area contributed by atoms with E-state index >= 15 is 0 Å². The summed E-state index contributed by atoms with van der Waals surface area (Å²) in [6.07, 6.45) is 7.93. The third-order valence-electron chi connectivity index (χ3n) is 7.03. The third kappa shape index (κ3) is 2.95. The Hall–Kier alpha value is -1.89. The molecule has 4 aliphatic rings. The Bertz CT molecular complexity index is 927. The van der Waals surface area contributed by atoms with Gasteiger partial charge in [0.2, 0.25) is 5.91 Å². The van der Waals surface area contributed by atoms with Crippen molar-refractivity contribution in [1.29, 1.82) is 0 Å². The first-order valence-electron chi connectivity index (χ1n) is 10.5. The average molecular weight is 402 g/mol. The van der Waals surface area contributed by atoms with Crippen LogP contribution in [0.5, 0.6) is 0 Å². The molecule has 2 saturated heterocycles. The van der Waals surface area contributed by atoms with E-state index in [0.29, 0.717) is 23.9 Å². The predicted octanol–water partition coefficient (Wildman–Crippen LogP) is 2.64. The van der Waals surface area contributed by atoms with Gasteiger partial charge < -0.3 is 9.80 Å². The maximum atomic E-state index is 13.4. The van der Waals surface area contributed by atoms with Crippen LogP contribution in [0.3, 0.4) is 0 Å². The van der Waals surface area contributed by atoms with E-state index in [4.69, 9.17) is 0 Å². The summed E-state index contributed by atoms with van der Waals surface area (Å²) >= 11 is 0. The molecule has 1 saturated carbocycles. The zero-order valence-electron chi connectivity index (χ0n) is 16.1. The normalized spacial score (nSPS) is 31.3. The first-order valence-corrected chi connectivity index (χ1v) is 12.0. The average Bonchev–Trinajstić information content (AvgIpc) is 3.30. The van der Waals surface area contributed by atoms with Crippen LogP contribution < -0.4 is 0 Å². The summed E-state index contributed by atoms with van der Waals surface area (Å²) in [6, 6.07) is 6.65. The highest BCUT2D eigenvalue weighted by Crippen LogP contribution is 2.37. The van der Waals surface area contributed by atoms with E-state index < -0.39 is 10.0 Å². The number of likely N-dealkylation sites (tertiary alicyclic amines) is 2. The lowest BCUT2D eigenvalue weighted by Gasteiger charge is -2.42. The molecule has 1 aliphatic carbocycles. The number of benzene rings is 1. The molecule has 0 spiro atoms. The van der Waals surface area contributed by atoms with Gasteiger partial charge in [-0.2, -0.15) is 8.42 Å². The summed E-state index contributed by atoms with van der Waals surface area (Å²) in [4.78, 5) is 17.6. The van der Waals surface area contributed by atoms with Crippen molar-refractivity contribution in [2.45, 2.75) is 55.9 Å². The van der Waals surface area contributed by atoms with Crippen LogP contribution in [0.4, 0.5) is 0 Å². The molecule has 1 aromatic carbocycles. The summed E-state index contributed by atoms with van der Waals surface area (Å²) in [6.45, 7) is 2.39. The van der Waals surface area contributed by atoms with E-state index in [9.17, 15) is 13.2 Å². The SMILES string of the molecule is O=C([C@H]1CCCN1C1=NS(=O)(=O)c2ccccc21)N1CC[C@H]2CCCC[C@@H]2C1.